The van der Waals surface area contributed by atoms with Gasteiger partial charge in [-0.25, -0.2) is 0 Å². The van der Waals surface area contributed by atoms with Crippen LogP contribution in [0.1, 0.15) is 55.2 Å². The number of nitrogens with one attached hydrogen (secondary N) is 1. The molecule has 6 nitrogen and oxygen atoms in total. The van der Waals surface area contributed by atoms with Crippen LogP contribution >= 0.6 is 0 Å². The molecule has 2 atom stereocenters. The summed E-state index contributed by atoms with van der Waals surface area (Å²) >= 11 is 0. The molecule has 0 spiro atoms. The van der Waals surface area contributed by atoms with Gasteiger partial charge in [0.2, 0.25) is 0 Å². The quantitative estimate of drug-likeness (QED) is 0.280. The molecule has 0 bridgehead atoms. The molecule has 214 valence electrons. The minimum atomic E-state index is -0.777. The zero-order valence-corrected chi connectivity index (χ0v) is 24.3. The zero-order valence-electron chi connectivity index (χ0n) is 24.3. The lowest BCUT2D eigenvalue weighted by Crippen LogP contribution is -2.51. The molecule has 41 heavy (non-hydrogen) atoms. The zero-order chi connectivity index (χ0) is 28.8. The monoisotopic (exact) mass is 550 g/mol. The van der Waals surface area contributed by atoms with Crippen molar-refractivity contribution in [3.8, 4) is 0 Å². The van der Waals surface area contributed by atoms with Crippen LogP contribution in [0.5, 0.6) is 0 Å². The van der Waals surface area contributed by atoms with Crippen LogP contribution in [-0.2, 0) is 16.8 Å². The molecular weight excluding hydrogens is 508 g/mol. The van der Waals surface area contributed by atoms with E-state index >= 15 is 0 Å². The maximum Gasteiger partial charge on any atom is 0.136 e. The van der Waals surface area contributed by atoms with Crippen molar-refractivity contribution < 1.29 is 9.84 Å². The SMILES string of the molecule is C/C=C1/N(Cc2cccc(C(O)NCC3=CC(OC)=CCC3)c2)C(N)N(CC)C1(c1ccccc1)c1ccccc1. The number of nitrogens with zero attached hydrogens (tertiary/aromatic N) is 2. The van der Waals surface area contributed by atoms with E-state index in [0.29, 0.717) is 13.1 Å². The molecule has 1 saturated heterocycles. The third-order valence-corrected chi connectivity index (χ3v) is 8.28. The Hall–Kier alpha value is -3.68. The minimum Gasteiger partial charge on any atom is -0.497 e. The standard InChI is InChI=1S/C35H42N4O2/c1-4-32-35(29-17-8-6-9-18-29,30-19-10-7-11-20-30)39(5-2)34(36)38(32)25-27-15-12-16-28(22-27)33(40)37-24-26-14-13-21-31(23-26)41-3/h4,6-12,15-23,33-34,37,40H,5,13-14,24-25,36H2,1-3H3/b32-4+. The van der Waals surface area contributed by atoms with E-state index < -0.39 is 11.8 Å². The van der Waals surface area contributed by atoms with E-state index in [0.717, 1.165) is 42.0 Å². The first-order chi connectivity index (χ1) is 20.0. The van der Waals surface area contributed by atoms with Gasteiger partial charge in [-0.1, -0.05) is 104 Å². The van der Waals surface area contributed by atoms with E-state index in [1.54, 1.807) is 7.11 Å². The Morgan fingerprint density at radius 1 is 1.05 bits per heavy atom. The number of aliphatic hydroxyl groups excluding tert-OH is 1. The molecule has 6 heteroatoms. The average Bonchev–Trinajstić information content (AvgIpc) is 3.27. The summed E-state index contributed by atoms with van der Waals surface area (Å²) in [6.45, 7) is 6.27. The van der Waals surface area contributed by atoms with Gasteiger partial charge in [-0.2, -0.15) is 0 Å². The van der Waals surface area contributed by atoms with Crippen molar-refractivity contribution in [3.63, 3.8) is 0 Å². The fourth-order valence-corrected chi connectivity index (χ4v) is 6.41. The third-order valence-electron chi connectivity index (χ3n) is 8.28. The molecule has 0 amide bonds. The average molecular weight is 551 g/mol. The summed E-state index contributed by atoms with van der Waals surface area (Å²) in [5, 5.41) is 14.3. The minimum absolute atomic E-state index is 0.334. The molecule has 0 saturated carbocycles. The van der Waals surface area contributed by atoms with Gasteiger partial charge in [-0.15, -0.1) is 0 Å². The fraction of sp³-hybridized carbons (Fsp3) is 0.314. The van der Waals surface area contributed by atoms with Crippen molar-refractivity contribution in [1.82, 2.24) is 15.1 Å². The van der Waals surface area contributed by atoms with Crippen molar-refractivity contribution in [3.05, 3.63) is 142 Å². The first kappa shape index (κ1) is 28.8. The molecule has 3 aromatic rings. The first-order valence-corrected chi connectivity index (χ1v) is 14.5. The molecule has 0 aromatic heterocycles. The van der Waals surface area contributed by atoms with Crippen LogP contribution in [0, 0.1) is 0 Å². The molecule has 2 aliphatic rings. The molecule has 1 fully saturated rings. The molecule has 4 N–H and O–H groups in total. The van der Waals surface area contributed by atoms with Crippen LogP contribution in [0.2, 0.25) is 0 Å². The smallest absolute Gasteiger partial charge is 0.136 e. The first-order valence-electron chi connectivity index (χ1n) is 14.5. The highest BCUT2D eigenvalue weighted by molar-refractivity contribution is 5.50. The molecular formula is C35H42N4O2. The highest BCUT2D eigenvalue weighted by Gasteiger charge is 2.54. The van der Waals surface area contributed by atoms with Crippen molar-refractivity contribution in [2.75, 3.05) is 20.2 Å². The predicted molar refractivity (Wildman–Crippen MR) is 165 cm³/mol. The topological polar surface area (TPSA) is 74.0 Å². The van der Waals surface area contributed by atoms with Gasteiger partial charge in [0, 0.05) is 25.3 Å². The number of rotatable bonds is 10. The van der Waals surface area contributed by atoms with Crippen LogP contribution in [0.3, 0.4) is 0 Å². The van der Waals surface area contributed by atoms with Crippen LogP contribution in [0.4, 0.5) is 0 Å². The van der Waals surface area contributed by atoms with Gasteiger partial charge in [-0.05, 0) is 54.2 Å². The van der Waals surface area contributed by atoms with Crippen molar-refractivity contribution in [2.24, 2.45) is 5.73 Å². The molecule has 5 rings (SSSR count). The molecule has 2 unspecified atom stereocenters. The summed E-state index contributed by atoms with van der Waals surface area (Å²) in [5.74, 6) is 0.884. The Labute approximate surface area is 244 Å². The van der Waals surface area contributed by atoms with E-state index in [1.807, 2.05) is 12.1 Å². The van der Waals surface area contributed by atoms with E-state index in [9.17, 15) is 5.11 Å². The maximum absolute atomic E-state index is 11.0. The number of benzene rings is 3. The number of methoxy groups -OCH3 is 1. The summed E-state index contributed by atoms with van der Waals surface area (Å²) in [6, 6.07) is 29.5. The predicted octanol–water partition coefficient (Wildman–Crippen LogP) is 5.75. The van der Waals surface area contributed by atoms with Gasteiger partial charge in [0.05, 0.1) is 7.11 Å². The van der Waals surface area contributed by atoms with Crippen molar-refractivity contribution in [2.45, 2.75) is 51.3 Å². The highest BCUT2D eigenvalue weighted by atomic mass is 16.5. The summed E-state index contributed by atoms with van der Waals surface area (Å²) < 4.78 is 5.38. The van der Waals surface area contributed by atoms with E-state index in [4.69, 9.17) is 10.5 Å². The normalized spacial score (nSPS) is 20.6. The second-order valence-corrected chi connectivity index (χ2v) is 10.6. The van der Waals surface area contributed by atoms with Gasteiger partial charge in [0.25, 0.3) is 0 Å². The summed E-state index contributed by atoms with van der Waals surface area (Å²) in [5.41, 5.74) is 13.2. The molecule has 3 aromatic carbocycles. The van der Waals surface area contributed by atoms with Gasteiger partial charge < -0.3 is 14.7 Å². The second-order valence-electron chi connectivity index (χ2n) is 10.6. The fourth-order valence-electron chi connectivity index (χ4n) is 6.41. The van der Waals surface area contributed by atoms with E-state index in [-0.39, 0.29) is 6.29 Å². The number of ether oxygens (including phenoxy) is 1. The number of likely N-dealkylation sites (N-methyl/N-ethyl adjacent to an activating group) is 1. The number of hydrogen-bond donors (Lipinski definition) is 3. The molecule has 1 heterocycles. The Morgan fingerprint density at radius 3 is 2.34 bits per heavy atom. The van der Waals surface area contributed by atoms with Crippen LogP contribution in [0.25, 0.3) is 0 Å². The van der Waals surface area contributed by atoms with Crippen molar-refractivity contribution in [1.29, 1.82) is 0 Å². The lowest BCUT2D eigenvalue weighted by Gasteiger charge is -2.39. The van der Waals surface area contributed by atoms with Gasteiger partial charge in [-0.3, -0.25) is 16.0 Å². The third kappa shape index (κ3) is 5.61. The summed E-state index contributed by atoms with van der Waals surface area (Å²) in [4.78, 5) is 4.68. The summed E-state index contributed by atoms with van der Waals surface area (Å²) in [6.07, 6.45) is 7.16. The second kappa shape index (κ2) is 12.9. The van der Waals surface area contributed by atoms with E-state index in [1.165, 1.54) is 16.7 Å². The van der Waals surface area contributed by atoms with Crippen LogP contribution in [0.15, 0.2) is 120 Å². The van der Waals surface area contributed by atoms with Crippen LogP contribution < -0.4 is 11.1 Å². The highest BCUT2D eigenvalue weighted by Crippen LogP contribution is 2.50. The van der Waals surface area contributed by atoms with Crippen molar-refractivity contribution >= 4 is 0 Å². The molecule has 1 aliphatic carbocycles. The Balaban J connectivity index is 1.43. The molecule has 0 radical (unpaired) electrons. The number of hydrogen-bond acceptors (Lipinski definition) is 6. The maximum atomic E-state index is 11.0. The Morgan fingerprint density at radius 2 is 1.73 bits per heavy atom. The van der Waals surface area contributed by atoms with Crippen LogP contribution in [-0.4, -0.2) is 41.4 Å². The number of nitrogens with two attached hydrogens (primary N) is 1. The van der Waals surface area contributed by atoms with E-state index in [2.05, 4.69) is 120 Å². The Bertz CT molecular complexity index is 1360. The lowest BCUT2D eigenvalue weighted by molar-refractivity contribution is 0.103. The number of aliphatic hydroxyl groups is 1. The van der Waals surface area contributed by atoms with Gasteiger partial charge in [0.15, 0.2) is 0 Å². The number of allylic oxidation sites excluding steroid dienone is 3. The summed E-state index contributed by atoms with van der Waals surface area (Å²) in [7, 11) is 1.69. The Kier molecular flexibility index (Phi) is 9.06. The lowest BCUT2D eigenvalue weighted by atomic mass is 9.79. The van der Waals surface area contributed by atoms with Gasteiger partial charge >= 0.3 is 0 Å². The largest absolute Gasteiger partial charge is 0.497 e. The van der Waals surface area contributed by atoms with Gasteiger partial charge in [0.1, 0.15) is 23.8 Å². The molecule has 1 aliphatic heterocycles.